The molecule has 10 nitrogen and oxygen atoms in total. The molecule has 4 aromatic rings. The number of rotatable bonds is 12. The molecule has 5 aliphatic heterocycles. The van der Waals surface area contributed by atoms with Gasteiger partial charge in [0.25, 0.3) is 8.32 Å². The number of piperidine rings is 3. The number of imidazole rings is 1. The predicted molar refractivity (Wildman–Crippen MR) is 258 cm³/mol. The number of hydrogen-bond acceptors (Lipinski definition) is 7. The Hall–Kier alpha value is -3.87. The van der Waals surface area contributed by atoms with Gasteiger partial charge in [0.15, 0.2) is 0 Å². The molecule has 6 heterocycles. The minimum atomic E-state index is -2.57. The zero-order chi connectivity index (χ0) is 44.3. The van der Waals surface area contributed by atoms with E-state index >= 15 is 0 Å². The molecule has 3 aromatic carbocycles. The molecule has 1 spiro atoms. The van der Waals surface area contributed by atoms with Crippen LogP contribution in [0.15, 0.2) is 83.7 Å². The number of amides is 2. The summed E-state index contributed by atoms with van der Waals surface area (Å²) in [4.78, 5) is 46.2. The van der Waals surface area contributed by atoms with Crippen LogP contribution < -0.4 is 21.4 Å². The molecule has 0 bridgehead atoms. The molecule has 1 aromatic heterocycles. The Kier molecular flexibility index (Phi) is 12.0. The minimum Gasteiger partial charge on any atom is -0.406 e. The second kappa shape index (κ2) is 17.4. The van der Waals surface area contributed by atoms with Crippen LogP contribution in [-0.4, -0.2) is 107 Å². The number of imide groups is 1. The molecule has 10 rings (SSSR count). The van der Waals surface area contributed by atoms with Crippen molar-refractivity contribution in [1.82, 2.24) is 29.2 Å². The Morgan fingerprint density at radius 3 is 2.12 bits per heavy atom. The lowest BCUT2D eigenvalue weighted by Gasteiger charge is -2.56. The fraction of sp³-hybridized carbons (Fsp3) is 0.604. The van der Waals surface area contributed by atoms with Gasteiger partial charge < -0.3 is 14.2 Å². The molecule has 3 atom stereocenters. The average Bonchev–Trinajstić information content (AvgIpc) is 3.93. The van der Waals surface area contributed by atoms with Crippen LogP contribution in [0, 0.1) is 5.41 Å². The normalized spacial score (nSPS) is 26.4. The van der Waals surface area contributed by atoms with Crippen molar-refractivity contribution < 1.29 is 14.0 Å². The van der Waals surface area contributed by atoms with Crippen LogP contribution in [0.25, 0.3) is 11.0 Å². The zero-order valence-electron chi connectivity index (χ0n) is 39.0. The molecule has 6 fully saturated rings. The summed E-state index contributed by atoms with van der Waals surface area (Å²) in [6.45, 7) is 15.3. The smallest absolute Gasteiger partial charge is 0.329 e. The van der Waals surface area contributed by atoms with Crippen LogP contribution in [0.2, 0.25) is 5.04 Å². The molecule has 5 saturated heterocycles. The lowest BCUT2D eigenvalue weighted by atomic mass is 9.59. The second-order valence-corrected chi connectivity index (χ2v) is 26.3. The first-order chi connectivity index (χ1) is 30.9. The van der Waals surface area contributed by atoms with Crippen LogP contribution in [0.5, 0.6) is 0 Å². The van der Waals surface area contributed by atoms with Crippen molar-refractivity contribution in [3.63, 3.8) is 0 Å². The summed E-state index contributed by atoms with van der Waals surface area (Å²) < 4.78 is 10.9. The van der Waals surface area contributed by atoms with Crippen LogP contribution >= 0.6 is 0 Å². The number of aryl methyl sites for hydroxylation is 1. The molecule has 1 saturated carbocycles. The number of likely N-dealkylation sites (tertiary alicyclic amines) is 2. The molecular weight excluding hydrogens is 813 g/mol. The van der Waals surface area contributed by atoms with Crippen molar-refractivity contribution in [1.29, 1.82) is 0 Å². The van der Waals surface area contributed by atoms with E-state index in [1.807, 2.05) is 6.07 Å². The standard InChI is InChI=1S/C53H72N6O4Si/c1-51(2,3)64(43-14-7-5-8-15-43,44-16-9-6-10-17-44)63-38-53-25-12-30-58(53)41(22-26-53)13-11-29-56-33-27-52(28-34-56)36-42(37-52)57-31-23-39(24-32-57)40-18-19-45-47(35-40)55(4)50(62)59(45)46-20-21-48(60)54-49(46)61/h5-10,14-19,35,39,41-42,46H,11-13,20-34,36-38H2,1-4H3,(H,54,60,61)/t41-,46?,53+/m1/s1. The average molecular weight is 885 g/mol. The first-order valence-electron chi connectivity index (χ1n) is 24.9. The fourth-order valence-corrected chi connectivity index (χ4v) is 18.4. The number of nitrogens with zero attached hydrogens (tertiary/aromatic N) is 5. The Morgan fingerprint density at radius 1 is 0.781 bits per heavy atom. The summed E-state index contributed by atoms with van der Waals surface area (Å²) >= 11 is 0. The highest BCUT2D eigenvalue weighted by atomic mass is 28.4. The maximum absolute atomic E-state index is 13.3. The van der Waals surface area contributed by atoms with Crippen molar-refractivity contribution in [3.8, 4) is 0 Å². The van der Waals surface area contributed by atoms with Crippen molar-refractivity contribution in [2.75, 3.05) is 45.9 Å². The van der Waals surface area contributed by atoms with Crippen molar-refractivity contribution in [2.45, 2.75) is 145 Å². The number of fused-ring (bicyclic) bond motifs is 2. The Morgan fingerprint density at radius 2 is 1.47 bits per heavy atom. The third-order valence-corrected chi connectivity index (χ3v) is 22.4. The summed E-state index contributed by atoms with van der Waals surface area (Å²) in [6.07, 6.45) is 16.1. The maximum Gasteiger partial charge on any atom is 0.329 e. The van der Waals surface area contributed by atoms with Gasteiger partial charge in [-0.1, -0.05) is 87.5 Å². The largest absolute Gasteiger partial charge is 0.406 e. The number of carbonyl (C=O) groups is 2. The van der Waals surface area contributed by atoms with Gasteiger partial charge in [0.05, 0.1) is 17.6 Å². The van der Waals surface area contributed by atoms with E-state index < -0.39 is 14.4 Å². The van der Waals surface area contributed by atoms with Crippen molar-refractivity contribution >= 4 is 41.5 Å². The predicted octanol–water partition coefficient (Wildman–Crippen LogP) is 7.10. The van der Waals surface area contributed by atoms with Gasteiger partial charge in [-0.05, 0) is 167 Å². The second-order valence-electron chi connectivity index (χ2n) is 21.9. The van der Waals surface area contributed by atoms with Gasteiger partial charge in [0.2, 0.25) is 11.8 Å². The van der Waals surface area contributed by atoms with Gasteiger partial charge >= 0.3 is 5.69 Å². The quantitative estimate of drug-likeness (QED) is 0.120. The Balaban J connectivity index is 0.684. The molecule has 0 radical (unpaired) electrons. The highest BCUT2D eigenvalue weighted by Crippen LogP contribution is 2.52. The number of benzene rings is 3. The Labute approximate surface area is 381 Å². The molecule has 6 aliphatic rings. The number of aromatic nitrogens is 2. The monoisotopic (exact) mass is 885 g/mol. The highest BCUT2D eigenvalue weighted by molar-refractivity contribution is 6.99. The van der Waals surface area contributed by atoms with Crippen molar-refractivity contribution in [2.24, 2.45) is 12.5 Å². The van der Waals surface area contributed by atoms with E-state index in [0.29, 0.717) is 23.8 Å². The summed E-state index contributed by atoms with van der Waals surface area (Å²) in [5, 5.41) is 5.19. The van der Waals surface area contributed by atoms with E-state index in [9.17, 15) is 14.4 Å². The Bertz CT molecular complexity index is 2330. The van der Waals surface area contributed by atoms with Crippen molar-refractivity contribution in [3.05, 3.63) is 94.9 Å². The first kappa shape index (κ1) is 44.0. The molecular formula is C53H72N6O4Si. The van der Waals surface area contributed by atoms with Gasteiger partial charge in [-0.3, -0.25) is 28.9 Å². The van der Waals surface area contributed by atoms with Crippen LogP contribution in [0.4, 0.5) is 0 Å². The van der Waals surface area contributed by atoms with Gasteiger partial charge in [-0.15, -0.1) is 0 Å². The molecule has 342 valence electrons. The topological polar surface area (TPSA) is 92.0 Å². The molecule has 1 aliphatic carbocycles. The van der Waals surface area contributed by atoms with Gasteiger partial charge in [-0.25, -0.2) is 4.79 Å². The molecule has 1 unspecified atom stereocenters. The molecule has 1 N–H and O–H groups in total. The minimum absolute atomic E-state index is 0.000143. The van der Waals surface area contributed by atoms with E-state index in [4.69, 9.17) is 4.43 Å². The molecule has 2 amide bonds. The summed E-state index contributed by atoms with van der Waals surface area (Å²) in [5.41, 5.74) is 3.44. The van der Waals surface area contributed by atoms with Gasteiger partial charge in [0, 0.05) is 31.1 Å². The summed E-state index contributed by atoms with van der Waals surface area (Å²) in [6, 6.07) is 29.5. The van der Waals surface area contributed by atoms with E-state index in [0.717, 1.165) is 49.6 Å². The van der Waals surface area contributed by atoms with E-state index in [1.165, 1.54) is 106 Å². The molecule has 11 heteroatoms. The van der Waals surface area contributed by atoms with Crippen LogP contribution in [-0.2, 0) is 21.1 Å². The molecule has 64 heavy (non-hydrogen) atoms. The van der Waals surface area contributed by atoms with E-state index in [1.54, 1.807) is 16.2 Å². The summed E-state index contributed by atoms with van der Waals surface area (Å²) in [7, 11) is -0.781. The third kappa shape index (κ3) is 7.88. The highest BCUT2D eigenvalue weighted by Gasteiger charge is 2.55. The number of carbonyl (C=O) groups excluding carboxylic acids is 2. The van der Waals surface area contributed by atoms with Crippen LogP contribution in [0.1, 0.15) is 128 Å². The van der Waals surface area contributed by atoms with Gasteiger partial charge in [0.1, 0.15) is 6.04 Å². The fourth-order valence-electron chi connectivity index (χ4n) is 13.8. The SMILES string of the molecule is Cn1c(=O)n(C2CCC(=O)NC2=O)c2ccc(C3CCN(C4CC5(CCN(CCC[C@@H]6CC[C@]7(CO[Si](c8ccccc8)(c8ccccc8)C(C)(C)C)CCCN67)CC5)C4)CC3)cc21. The van der Waals surface area contributed by atoms with E-state index in [2.05, 4.69) is 114 Å². The third-order valence-electron chi connectivity index (χ3n) is 17.4. The maximum atomic E-state index is 13.3. The summed E-state index contributed by atoms with van der Waals surface area (Å²) in [5.74, 6) is -0.181. The van der Waals surface area contributed by atoms with Gasteiger partial charge in [-0.2, -0.15) is 0 Å². The van der Waals surface area contributed by atoms with Crippen LogP contribution in [0.3, 0.4) is 0 Å². The lowest BCUT2D eigenvalue weighted by Crippen LogP contribution is -2.68. The number of hydrogen-bond donors (Lipinski definition) is 1. The zero-order valence-corrected chi connectivity index (χ0v) is 40.0. The lowest BCUT2D eigenvalue weighted by molar-refractivity contribution is -0.135. The first-order valence-corrected chi connectivity index (χ1v) is 26.8. The number of nitrogens with one attached hydrogen (secondary N) is 1. The van der Waals surface area contributed by atoms with E-state index in [-0.39, 0.29) is 34.5 Å².